The van der Waals surface area contributed by atoms with Gasteiger partial charge in [0.05, 0.1) is 12.2 Å². The maximum absolute atomic E-state index is 13.5. The second-order valence-electron chi connectivity index (χ2n) is 4.82. The molecular weight excluding hydrogens is 264 g/mol. The van der Waals surface area contributed by atoms with Gasteiger partial charge in [-0.1, -0.05) is 6.07 Å². The molecule has 1 N–H and O–H groups in total. The highest BCUT2D eigenvalue weighted by atomic mass is 19.4. The minimum absolute atomic E-state index is 0.0670. The first-order chi connectivity index (χ1) is 8.79. The number of ether oxygens (including phenoxy) is 1. The number of hydrogen-bond acceptors (Lipinski definition) is 2. The third-order valence-corrected chi connectivity index (χ3v) is 3.39. The molecule has 0 spiro atoms. The molecule has 106 valence electrons. The monoisotopic (exact) mass is 278 g/mol. The molecule has 1 saturated carbocycles. The summed E-state index contributed by atoms with van der Waals surface area (Å²) in [6.45, 7) is -0.0670. The molecule has 2 nitrogen and oxygen atoms in total. The second-order valence-corrected chi connectivity index (χ2v) is 4.82. The van der Waals surface area contributed by atoms with Crippen molar-refractivity contribution in [2.45, 2.75) is 24.6 Å². The SMILES string of the molecule is COCC(O)(c1ccc(C(F)(F)F)c(F)c1)C1CC1. The van der Waals surface area contributed by atoms with Crippen LogP contribution in [0.3, 0.4) is 0 Å². The third-order valence-electron chi connectivity index (χ3n) is 3.39. The Kier molecular flexibility index (Phi) is 3.57. The van der Waals surface area contributed by atoms with Gasteiger partial charge in [0.1, 0.15) is 11.4 Å². The van der Waals surface area contributed by atoms with Gasteiger partial charge >= 0.3 is 6.18 Å². The molecule has 0 aromatic heterocycles. The van der Waals surface area contributed by atoms with Crippen LogP contribution in [0.25, 0.3) is 0 Å². The molecule has 1 aliphatic rings. The Labute approximate surface area is 108 Å². The van der Waals surface area contributed by atoms with Gasteiger partial charge in [-0.3, -0.25) is 0 Å². The van der Waals surface area contributed by atoms with Crippen molar-refractivity contribution in [1.29, 1.82) is 0 Å². The Balaban J connectivity index is 2.38. The van der Waals surface area contributed by atoms with Crippen LogP contribution in [-0.4, -0.2) is 18.8 Å². The number of rotatable bonds is 4. The van der Waals surface area contributed by atoms with Gasteiger partial charge in [0.15, 0.2) is 0 Å². The van der Waals surface area contributed by atoms with Gasteiger partial charge in [0.2, 0.25) is 0 Å². The van der Waals surface area contributed by atoms with Crippen LogP contribution in [-0.2, 0) is 16.5 Å². The van der Waals surface area contributed by atoms with E-state index in [4.69, 9.17) is 4.74 Å². The molecule has 0 aliphatic heterocycles. The van der Waals surface area contributed by atoms with Crippen molar-refractivity contribution in [3.8, 4) is 0 Å². The van der Waals surface area contributed by atoms with Gasteiger partial charge in [0.25, 0.3) is 0 Å². The van der Waals surface area contributed by atoms with E-state index in [9.17, 15) is 22.7 Å². The number of halogens is 4. The summed E-state index contributed by atoms with van der Waals surface area (Å²) >= 11 is 0. The zero-order chi connectivity index (χ0) is 14.3. The van der Waals surface area contributed by atoms with Crippen molar-refractivity contribution in [1.82, 2.24) is 0 Å². The van der Waals surface area contributed by atoms with Crippen molar-refractivity contribution in [3.05, 3.63) is 35.1 Å². The summed E-state index contributed by atoms with van der Waals surface area (Å²) in [5.41, 5.74) is -2.62. The standard InChI is InChI=1S/C13H14F4O2/c1-19-7-12(18,8-2-3-8)9-4-5-10(11(14)6-9)13(15,16)17/h4-6,8,18H,2-3,7H2,1H3. The summed E-state index contributed by atoms with van der Waals surface area (Å²) in [6, 6.07) is 2.52. The molecular formula is C13H14F4O2. The van der Waals surface area contributed by atoms with E-state index in [-0.39, 0.29) is 18.1 Å². The smallest absolute Gasteiger partial charge is 0.382 e. The lowest BCUT2D eigenvalue weighted by atomic mass is 9.89. The predicted molar refractivity (Wildman–Crippen MR) is 59.9 cm³/mol. The van der Waals surface area contributed by atoms with E-state index in [2.05, 4.69) is 0 Å². The van der Waals surface area contributed by atoms with Gasteiger partial charge < -0.3 is 9.84 Å². The topological polar surface area (TPSA) is 29.5 Å². The zero-order valence-corrected chi connectivity index (χ0v) is 10.3. The molecule has 1 aromatic rings. The highest BCUT2D eigenvalue weighted by Gasteiger charge is 2.46. The lowest BCUT2D eigenvalue weighted by Crippen LogP contribution is -2.34. The minimum atomic E-state index is -4.73. The largest absolute Gasteiger partial charge is 0.419 e. The van der Waals surface area contributed by atoms with E-state index in [1.807, 2.05) is 0 Å². The Morgan fingerprint density at radius 1 is 1.32 bits per heavy atom. The lowest BCUT2D eigenvalue weighted by molar-refractivity contribution is -0.140. The first-order valence-corrected chi connectivity index (χ1v) is 5.87. The molecule has 1 unspecified atom stereocenters. The van der Waals surface area contributed by atoms with Crippen LogP contribution in [0.1, 0.15) is 24.0 Å². The van der Waals surface area contributed by atoms with E-state index >= 15 is 0 Å². The summed E-state index contributed by atoms with van der Waals surface area (Å²) < 4.78 is 55.8. The molecule has 1 fully saturated rings. The van der Waals surface area contributed by atoms with E-state index in [1.54, 1.807) is 0 Å². The zero-order valence-electron chi connectivity index (χ0n) is 10.3. The summed E-state index contributed by atoms with van der Waals surface area (Å²) in [7, 11) is 1.38. The molecule has 0 saturated heterocycles. The second kappa shape index (κ2) is 4.76. The van der Waals surface area contributed by atoms with Crippen LogP contribution in [0.4, 0.5) is 17.6 Å². The predicted octanol–water partition coefficient (Wildman–Crippen LogP) is 3.09. The highest BCUT2D eigenvalue weighted by Crippen LogP contribution is 2.46. The Morgan fingerprint density at radius 2 is 1.95 bits per heavy atom. The molecule has 0 bridgehead atoms. The van der Waals surface area contributed by atoms with Crippen molar-refractivity contribution in [2.24, 2.45) is 5.92 Å². The quantitative estimate of drug-likeness (QED) is 0.858. The number of hydrogen-bond donors (Lipinski definition) is 1. The van der Waals surface area contributed by atoms with Crippen molar-refractivity contribution in [2.75, 3.05) is 13.7 Å². The molecule has 1 aromatic carbocycles. The fraction of sp³-hybridized carbons (Fsp3) is 0.538. The van der Waals surface area contributed by atoms with E-state index < -0.39 is 23.2 Å². The number of aliphatic hydroxyl groups is 1. The molecule has 0 amide bonds. The highest BCUT2D eigenvalue weighted by molar-refractivity contribution is 5.32. The summed E-state index contributed by atoms with van der Waals surface area (Å²) in [6.07, 6.45) is -3.23. The minimum Gasteiger partial charge on any atom is -0.382 e. The van der Waals surface area contributed by atoms with Crippen molar-refractivity contribution < 1.29 is 27.4 Å². The lowest BCUT2D eigenvalue weighted by Gasteiger charge is -2.28. The normalized spacial score (nSPS) is 19.3. The van der Waals surface area contributed by atoms with E-state index in [1.165, 1.54) is 7.11 Å². The van der Waals surface area contributed by atoms with Gasteiger partial charge in [-0.2, -0.15) is 13.2 Å². The molecule has 0 radical (unpaired) electrons. The first kappa shape index (κ1) is 14.3. The fourth-order valence-electron chi connectivity index (χ4n) is 2.23. The average molecular weight is 278 g/mol. The maximum atomic E-state index is 13.5. The molecule has 6 heteroatoms. The maximum Gasteiger partial charge on any atom is 0.419 e. The molecule has 1 aliphatic carbocycles. The third kappa shape index (κ3) is 2.74. The van der Waals surface area contributed by atoms with Gasteiger partial charge in [-0.05, 0) is 36.5 Å². The van der Waals surface area contributed by atoms with E-state index in [0.717, 1.165) is 25.0 Å². The van der Waals surface area contributed by atoms with Crippen LogP contribution in [0, 0.1) is 11.7 Å². The molecule has 19 heavy (non-hydrogen) atoms. The van der Waals surface area contributed by atoms with Gasteiger partial charge in [-0.25, -0.2) is 4.39 Å². The summed E-state index contributed by atoms with van der Waals surface area (Å²) in [4.78, 5) is 0. The number of alkyl halides is 3. The van der Waals surface area contributed by atoms with Crippen LogP contribution >= 0.6 is 0 Å². The van der Waals surface area contributed by atoms with Gasteiger partial charge in [-0.15, -0.1) is 0 Å². The van der Waals surface area contributed by atoms with E-state index in [0.29, 0.717) is 6.07 Å². The van der Waals surface area contributed by atoms with Crippen LogP contribution in [0.2, 0.25) is 0 Å². The molecule has 0 heterocycles. The van der Waals surface area contributed by atoms with Crippen molar-refractivity contribution >= 4 is 0 Å². The number of methoxy groups -OCH3 is 1. The average Bonchev–Trinajstić information content (AvgIpc) is 3.11. The summed E-state index contributed by atoms with van der Waals surface area (Å²) in [5.74, 6) is -1.47. The summed E-state index contributed by atoms with van der Waals surface area (Å²) in [5, 5.41) is 10.5. The van der Waals surface area contributed by atoms with Gasteiger partial charge in [0, 0.05) is 7.11 Å². The van der Waals surface area contributed by atoms with Crippen LogP contribution in [0.15, 0.2) is 18.2 Å². The molecule has 2 rings (SSSR count). The Hall–Kier alpha value is -1.14. The fourth-order valence-corrected chi connectivity index (χ4v) is 2.23. The van der Waals surface area contributed by atoms with Crippen LogP contribution < -0.4 is 0 Å². The first-order valence-electron chi connectivity index (χ1n) is 5.87. The Bertz CT molecular complexity index is 468. The number of benzene rings is 1. The molecule has 1 atom stereocenters. The van der Waals surface area contributed by atoms with Crippen molar-refractivity contribution in [3.63, 3.8) is 0 Å². The Morgan fingerprint density at radius 3 is 2.37 bits per heavy atom. The van der Waals surface area contributed by atoms with Crippen LogP contribution in [0.5, 0.6) is 0 Å².